The number of methoxy groups -OCH3 is 1. The van der Waals surface area contributed by atoms with Crippen LogP contribution in [0.2, 0.25) is 0 Å². The second-order valence-electron chi connectivity index (χ2n) is 4.55. The molecule has 1 rings (SSSR count). The van der Waals surface area contributed by atoms with Gasteiger partial charge >= 0.3 is 0 Å². The highest BCUT2D eigenvalue weighted by Gasteiger charge is 2.20. The van der Waals surface area contributed by atoms with Gasteiger partial charge in [-0.25, -0.2) is 0 Å². The van der Waals surface area contributed by atoms with Crippen LogP contribution in [0.3, 0.4) is 0 Å². The van der Waals surface area contributed by atoms with Gasteiger partial charge in [0.2, 0.25) is 0 Å². The van der Waals surface area contributed by atoms with E-state index in [0.29, 0.717) is 6.61 Å². The third-order valence-corrected chi connectivity index (χ3v) is 2.90. The highest BCUT2D eigenvalue weighted by Crippen LogP contribution is 2.20. The van der Waals surface area contributed by atoms with Gasteiger partial charge in [0.15, 0.2) is 0 Å². The summed E-state index contributed by atoms with van der Waals surface area (Å²) < 4.78 is 11.1. The average Bonchev–Trinajstić information content (AvgIpc) is 2.37. The monoisotopic (exact) mass is 251 g/mol. The molecular weight excluding hydrogens is 226 g/mol. The molecule has 1 N–H and O–H groups in total. The third-order valence-electron chi connectivity index (χ3n) is 2.90. The molecule has 0 aromatic heterocycles. The Balaban J connectivity index is 2.66. The maximum absolute atomic E-state index is 5.97. The molecule has 18 heavy (non-hydrogen) atoms. The molecule has 0 saturated carbocycles. The van der Waals surface area contributed by atoms with Crippen molar-refractivity contribution in [2.45, 2.75) is 39.0 Å². The van der Waals surface area contributed by atoms with Gasteiger partial charge in [-0.2, -0.15) is 0 Å². The smallest absolute Gasteiger partial charge is 0.0784 e. The summed E-state index contributed by atoms with van der Waals surface area (Å²) in [5.41, 5.74) is 1.26. The first kappa shape index (κ1) is 15.2. The minimum atomic E-state index is 0.106. The van der Waals surface area contributed by atoms with E-state index in [1.807, 2.05) is 13.0 Å². The molecular formula is C15H25NO2. The maximum atomic E-state index is 5.97. The van der Waals surface area contributed by atoms with Crippen LogP contribution >= 0.6 is 0 Å². The van der Waals surface area contributed by atoms with Gasteiger partial charge in [0.25, 0.3) is 0 Å². The van der Waals surface area contributed by atoms with E-state index >= 15 is 0 Å². The van der Waals surface area contributed by atoms with Crippen molar-refractivity contribution in [3.8, 4) is 0 Å². The van der Waals surface area contributed by atoms with Crippen molar-refractivity contribution in [3.63, 3.8) is 0 Å². The number of ether oxygens (including phenoxy) is 2. The minimum Gasteiger partial charge on any atom is -0.382 e. The van der Waals surface area contributed by atoms with Gasteiger partial charge < -0.3 is 14.8 Å². The van der Waals surface area contributed by atoms with Gasteiger partial charge in [-0.1, -0.05) is 37.3 Å². The molecule has 0 heterocycles. The summed E-state index contributed by atoms with van der Waals surface area (Å²) in [7, 11) is 1.70. The van der Waals surface area contributed by atoms with E-state index in [2.05, 4.69) is 43.4 Å². The summed E-state index contributed by atoms with van der Waals surface area (Å²) in [6.07, 6.45) is 0.215. The lowest BCUT2D eigenvalue weighted by Crippen LogP contribution is -2.34. The SMILES string of the molecule is CCNC(c1ccccc1)C(C)OC(C)COC. The number of hydrogen-bond donors (Lipinski definition) is 1. The molecule has 3 unspecified atom stereocenters. The van der Waals surface area contributed by atoms with Gasteiger partial charge in [-0.15, -0.1) is 0 Å². The first-order valence-corrected chi connectivity index (χ1v) is 6.61. The Labute approximate surface area is 110 Å². The predicted molar refractivity (Wildman–Crippen MR) is 74.7 cm³/mol. The van der Waals surface area contributed by atoms with Gasteiger partial charge in [-0.3, -0.25) is 0 Å². The number of likely N-dealkylation sites (N-methyl/N-ethyl adjacent to an activating group) is 1. The van der Waals surface area contributed by atoms with Crippen LogP contribution in [0.4, 0.5) is 0 Å². The van der Waals surface area contributed by atoms with Crippen LogP contribution in [-0.2, 0) is 9.47 Å². The average molecular weight is 251 g/mol. The van der Waals surface area contributed by atoms with Crippen LogP contribution in [0.15, 0.2) is 30.3 Å². The van der Waals surface area contributed by atoms with Gasteiger partial charge in [0.1, 0.15) is 0 Å². The second kappa shape index (κ2) is 8.25. The number of benzene rings is 1. The zero-order valence-corrected chi connectivity index (χ0v) is 11.8. The lowest BCUT2D eigenvalue weighted by atomic mass is 10.0. The zero-order valence-electron chi connectivity index (χ0n) is 11.8. The Hall–Kier alpha value is -0.900. The number of rotatable bonds is 8. The van der Waals surface area contributed by atoms with Crippen molar-refractivity contribution in [1.29, 1.82) is 0 Å². The van der Waals surface area contributed by atoms with E-state index < -0.39 is 0 Å². The van der Waals surface area contributed by atoms with Gasteiger partial charge in [-0.05, 0) is 26.0 Å². The molecule has 0 saturated heterocycles. The summed E-state index contributed by atoms with van der Waals surface area (Å²) in [4.78, 5) is 0. The highest BCUT2D eigenvalue weighted by molar-refractivity contribution is 5.19. The predicted octanol–water partition coefficient (Wildman–Crippen LogP) is 2.78. The Morgan fingerprint density at radius 2 is 1.83 bits per heavy atom. The molecule has 0 amide bonds. The van der Waals surface area contributed by atoms with Crippen LogP contribution in [0.1, 0.15) is 32.4 Å². The maximum Gasteiger partial charge on any atom is 0.0784 e. The summed E-state index contributed by atoms with van der Waals surface area (Å²) in [6, 6.07) is 10.6. The van der Waals surface area contributed by atoms with E-state index in [4.69, 9.17) is 9.47 Å². The topological polar surface area (TPSA) is 30.5 Å². The van der Waals surface area contributed by atoms with Crippen molar-refractivity contribution < 1.29 is 9.47 Å². The molecule has 0 spiro atoms. The van der Waals surface area contributed by atoms with Crippen LogP contribution in [0.25, 0.3) is 0 Å². The summed E-state index contributed by atoms with van der Waals surface area (Å²) in [6.45, 7) is 7.80. The van der Waals surface area contributed by atoms with E-state index in [1.54, 1.807) is 7.11 Å². The van der Waals surface area contributed by atoms with E-state index in [-0.39, 0.29) is 18.2 Å². The van der Waals surface area contributed by atoms with E-state index in [9.17, 15) is 0 Å². The van der Waals surface area contributed by atoms with Crippen LogP contribution in [0.5, 0.6) is 0 Å². The highest BCUT2D eigenvalue weighted by atomic mass is 16.5. The lowest BCUT2D eigenvalue weighted by molar-refractivity contribution is -0.0455. The molecule has 3 atom stereocenters. The second-order valence-corrected chi connectivity index (χ2v) is 4.55. The quantitative estimate of drug-likeness (QED) is 0.770. The van der Waals surface area contributed by atoms with Crippen LogP contribution < -0.4 is 5.32 Å². The molecule has 102 valence electrons. The van der Waals surface area contributed by atoms with E-state index in [1.165, 1.54) is 5.56 Å². The Bertz CT molecular complexity index is 316. The first-order valence-electron chi connectivity index (χ1n) is 6.61. The third kappa shape index (κ3) is 4.77. The van der Waals surface area contributed by atoms with Crippen molar-refractivity contribution >= 4 is 0 Å². The molecule has 0 aliphatic carbocycles. The molecule has 3 nitrogen and oxygen atoms in total. The number of nitrogens with one attached hydrogen (secondary N) is 1. The molecule has 0 aliphatic rings. The fourth-order valence-corrected chi connectivity index (χ4v) is 2.15. The Kier molecular flexibility index (Phi) is 6.94. The molecule has 0 bridgehead atoms. The van der Waals surface area contributed by atoms with Gasteiger partial charge in [0.05, 0.1) is 24.9 Å². The van der Waals surface area contributed by atoms with Crippen molar-refractivity contribution in [1.82, 2.24) is 5.32 Å². The molecule has 0 radical (unpaired) electrons. The largest absolute Gasteiger partial charge is 0.382 e. The summed E-state index contributed by atoms with van der Waals surface area (Å²) in [5, 5.41) is 3.48. The van der Waals surface area contributed by atoms with Crippen LogP contribution in [0, 0.1) is 0 Å². The molecule has 3 heteroatoms. The lowest BCUT2D eigenvalue weighted by Gasteiger charge is -2.28. The molecule has 1 aromatic carbocycles. The van der Waals surface area contributed by atoms with Crippen molar-refractivity contribution in [3.05, 3.63) is 35.9 Å². The van der Waals surface area contributed by atoms with Crippen molar-refractivity contribution in [2.24, 2.45) is 0 Å². The fraction of sp³-hybridized carbons (Fsp3) is 0.600. The first-order chi connectivity index (χ1) is 8.69. The molecule has 0 aliphatic heterocycles. The number of hydrogen-bond acceptors (Lipinski definition) is 3. The zero-order chi connectivity index (χ0) is 13.4. The Morgan fingerprint density at radius 1 is 1.17 bits per heavy atom. The normalized spacial score (nSPS) is 16.2. The standard InChI is InChI=1S/C15H25NO2/c1-5-16-15(14-9-7-6-8-10-14)13(3)18-12(2)11-17-4/h6-10,12-13,15-16H,5,11H2,1-4H3. The van der Waals surface area contributed by atoms with Crippen molar-refractivity contribution in [2.75, 3.05) is 20.3 Å². The Morgan fingerprint density at radius 3 is 2.39 bits per heavy atom. The summed E-state index contributed by atoms with van der Waals surface area (Å²) >= 11 is 0. The molecule has 1 aromatic rings. The van der Waals surface area contributed by atoms with Crippen LogP contribution in [-0.4, -0.2) is 32.5 Å². The fourth-order valence-electron chi connectivity index (χ4n) is 2.15. The van der Waals surface area contributed by atoms with E-state index in [0.717, 1.165) is 6.54 Å². The van der Waals surface area contributed by atoms with Gasteiger partial charge in [0, 0.05) is 7.11 Å². The summed E-state index contributed by atoms with van der Waals surface area (Å²) in [5.74, 6) is 0. The minimum absolute atomic E-state index is 0.106. The molecule has 0 fully saturated rings.